The molecule has 2 atom stereocenters. The minimum Gasteiger partial charge on any atom is -0.496 e. The monoisotopic (exact) mass is 296 g/mol. The standard InChI is InChI=1S/C17H25ClO2/c1-3-13-5-4-9-17(19,10-8-13)12-14-11-15(18)6-7-16(14)20-2/h6-7,11,13,19H,3-5,8-10,12H2,1-2H3. The smallest absolute Gasteiger partial charge is 0.122 e. The molecular weight excluding hydrogens is 272 g/mol. The van der Waals surface area contributed by atoms with E-state index in [0.717, 1.165) is 42.9 Å². The second-order valence-electron chi connectivity index (χ2n) is 6.06. The van der Waals surface area contributed by atoms with Gasteiger partial charge in [-0.1, -0.05) is 37.8 Å². The van der Waals surface area contributed by atoms with Crippen molar-refractivity contribution in [3.05, 3.63) is 28.8 Å². The Morgan fingerprint density at radius 2 is 2.15 bits per heavy atom. The summed E-state index contributed by atoms with van der Waals surface area (Å²) in [6, 6.07) is 5.63. The van der Waals surface area contributed by atoms with Crippen LogP contribution < -0.4 is 4.74 Å². The van der Waals surface area contributed by atoms with E-state index in [9.17, 15) is 5.11 Å². The molecule has 0 radical (unpaired) electrons. The second kappa shape index (κ2) is 6.82. The molecule has 1 N–H and O–H groups in total. The highest BCUT2D eigenvalue weighted by atomic mass is 35.5. The quantitative estimate of drug-likeness (QED) is 0.822. The summed E-state index contributed by atoms with van der Waals surface area (Å²) in [5.74, 6) is 1.59. The minimum absolute atomic E-state index is 0.609. The molecule has 1 saturated carbocycles. The summed E-state index contributed by atoms with van der Waals surface area (Å²) >= 11 is 6.08. The zero-order valence-corrected chi connectivity index (χ0v) is 13.2. The van der Waals surface area contributed by atoms with Gasteiger partial charge in [-0.2, -0.15) is 0 Å². The Balaban J connectivity index is 2.13. The van der Waals surface area contributed by atoms with E-state index in [1.165, 1.54) is 12.8 Å². The molecule has 0 amide bonds. The van der Waals surface area contributed by atoms with Crippen molar-refractivity contribution in [2.24, 2.45) is 5.92 Å². The Morgan fingerprint density at radius 1 is 1.35 bits per heavy atom. The van der Waals surface area contributed by atoms with Crippen LogP contribution in [0, 0.1) is 5.92 Å². The fourth-order valence-electron chi connectivity index (χ4n) is 3.29. The van der Waals surface area contributed by atoms with Crippen LogP contribution in [-0.2, 0) is 6.42 Å². The number of rotatable bonds is 4. The molecule has 1 aliphatic rings. The molecule has 1 fully saturated rings. The van der Waals surface area contributed by atoms with Gasteiger partial charge in [0.15, 0.2) is 0 Å². The lowest BCUT2D eigenvalue weighted by atomic mass is 9.86. The molecule has 20 heavy (non-hydrogen) atoms. The van der Waals surface area contributed by atoms with E-state index in [4.69, 9.17) is 16.3 Å². The van der Waals surface area contributed by atoms with Gasteiger partial charge in [0.25, 0.3) is 0 Å². The first kappa shape index (κ1) is 15.7. The van der Waals surface area contributed by atoms with E-state index in [1.54, 1.807) is 7.11 Å². The van der Waals surface area contributed by atoms with Crippen LogP contribution in [0.5, 0.6) is 5.75 Å². The zero-order valence-electron chi connectivity index (χ0n) is 12.5. The van der Waals surface area contributed by atoms with E-state index in [-0.39, 0.29) is 0 Å². The first-order chi connectivity index (χ1) is 9.56. The van der Waals surface area contributed by atoms with E-state index >= 15 is 0 Å². The predicted octanol–water partition coefficient (Wildman–Crippen LogP) is 4.61. The molecule has 1 aliphatic carbocycles. The maximum atomic E-state index is 10.9. The normalized spacial score (nSPS) is 27.1. The van der Waals surface area contributed by atoms with Crippen LogP contribution in [0.3, 0.4) is 0 Å². The number of aliphatic hydroxyl groups is 1. The van der Waals surface area contributed by atoms with E-state index in [2.05, 4.69) is 6.92 Å². The molecular formula is C17H25ClO2. The summed E-state index contributed by atoms with van der Waals surface area (Å²) in [5.41, 5.74) is 0.402. The van der Waals surface area contributed by atoms with Gasteiger partial charge in [-0.25, -0.2) is 0 Å². The van der Waals surface area contributed by atoms with Crippen molar-refractivity contribution < 1.29 is 9.84 Å². The first-order valence-corrected chi connectivity index (χ1v) is 7.99. The van der Waals surface area contributed by atoms with Crippen molar-refractivity contribution in [1.82, 2.24) is 0 Å². The lowest BCUT2D eigenvalue weighted by Gasteiger charge is -2.27. The molecule has 0 aliphatic heterocycles. The van der Waals surface area contributed by atoms with Crippen molar-refractivity contribution in [3.8, 4) is 5.75 Å². The largest absolute Gasteiger partial charge is 0.496 e. The van der Waals surface area contributed by atoms with Gasteiger partial charge in [-0.05, 0) is 48.9 Å². The van der Waals surface area contributed by atoms with Gasteiger partial charge in [0, 0.05) is 11.4 Å². The van der Waals surface area contributed by atoms with E-state index in [1.807, 2.05) is 18.2 Å². The van der Waals surface area contributed by atoms with Gasteiger partial charge >= 0.3 is 0 Å². The van der Waals surface area contributed by atoms with Crippen LogP contribution >= 0.6 is 11.6 Å². The molecule has 3 heteroatoms. The number of hydrogen-bond donors (Lipinski definition) is 1. The van der Waals surface area contributed by atoms with Crippen LogP contribution in [-0.4, -0.2) is 17.8 Å². The Morgan fingerprint density at radius 3 is 2.85 bits per heavy atom. The fourth-order valence-corrected chi connectivity index (χ4v) is 3.48. The average Bonchev–Trinajstić information content (AvgIpc) is 2.61. The van der Waals surface area contributed by atoms with E-state index < -0.39 is 5.60 Å². The number of benzene rings is 1. The van der Waals surface area contributed by atoms with Crippen LogP contribution in [0.1, 0.15) is 51.0 Å². The highest BCUT2D eigenvalue weighted by molar-refractivity contribution is 6.30. The molecule has 0 bridgehead atoms. The molecule has 112 valence electrons. The minimum atomic E-state index is -0.609. The van der Waals surface area contributed by atoms with Gasteiger partial charge in [-0.15, -0.1) is 0 Å². The molecule has 0 saturated heterocycles. The highest BCUT2D eigenvalue weighted by Crippen LogP contribution is 2.36. The number of ether oxygens (including phenoxy) is 1. The molecule has 0 heterocycles. The van der Waals surface area contributed by atoms with Crippen molar-refractivity contribution >= 4 is 11.6 Å². The van der Waals surface area contributed by atoms with Crippen LogP contribution in [0.15, 0.2) is 18.2 Å². The maximum absolute atomic E-state index is 10.9. The lowest BCUT2D eigenvalue weighted by Crippen LogP contribution is -2.31. The third kappa shape index (κ3) is 3.89. The first-order valence-electron chi connectivity index (χ1n) is 7.61. The molecule has 1 aromatic carbocycles. The Hall–Kier alpha value is -0.730. The third-order valence-electron chi connectivity index (χ3n) is 4.61. The lowest BCUT2D eigenvalue weighted by molar-refractivity contribution is 0.0236. The van der Waals surface area contributed by atoms with Gasteiger partial charge in [-0.3, -0.25) is 0 Å². The van der Waals surface area contributed by atoms with Crippen molar-refractivity contribution in [2.75, 3.05) is 7.11 Å². The van der Waals surface area contributed by atoms with Gasteiger partial charge in [0.1, 0.15) is 5.75 Å². The van der Waals surface area contributed by atoms with Crippen LogP contribution in [0.25, 0.3) is 0 Å². The number of methoxy groups -OCH3 is 1. The average molecular weight is 297 g/mol. The van der Waals surface area contributed by atoms with Crippen LogP contribution in [0.4, 0.5) is 0 Å². The number of halogens is 1. The molecule has 2 nitrogen and oxygen atoms in total. The summed E-state index contributed by atoms with van der Waals surface area (Å²) in [7, 11) is 1.66. The van der Waals surface area contributed by atoms with Crippen molar-refractivity contribution in [1.29, 1.82) is 0 Å². The van der Waals surface area contributed by atoms with Gasteiger partial charge < -0.3 is 9.84 Å². The summed E-state index contributed by atoms with van der Waals surface area (Å²) < 4.78 is 5.39. The highest BCUT2D eigenvalue weighted by Gasteiger charge is 2.31. The molecule has 1 aromatic rings. The Labute approximate surface area is 127 Å². The third-order valence-corrected chi connectivity index (χ3v) is 4.85. The number of hydrogen-bond acceptors (Lipinski definition) is 2. The van der Waals surface area contributed by atoms with Crippen molar-refractivity contribution in [2.45, 2.75) is 57.5 Å². The second-order valence-corrected chi connectivity index (χ2v) is 6.50. The SMILES string of the molecule is CCC1CCCC(O)(Cc2cc(Cl)ccc2OC)CC1. The molecule has 0 aromatic heterocycles. The molecule has 2 rings (SSSR count). The predicted molar refractivity (Wildman–Crippen MR) is 83.5 cm³/mol. The summed E-state index contributed by atoms with van der Waals surface area (Å²) in [4.78, 5) is 0. The van der Waals surface area contributed by atoms with Gasteiger partial charge in [0.05, 0.1) is 12.7 Å². The topological polar surface area (TPSA) is 29.5 Å². The Kier molecular flexibility index (Phi) is 5.34. The van der Waals surface area contributed by atoms with Gasteiger partial charge in [0.2, 0.25) is 0 Å². The summed E-state index contributed by atoms with van der Waals surface area (Å²) in [5, 5.41) is 11.6. The summed E-state index contributed by atoms with van der Waals surface area (Å²) in [6.07, 6.45) is 7.07. The Bertz CT molecular complexity index is 447. The summed E-state index contributed by atoms with van der Waals surface area (Å²) in [6.45, 7) is 2.25. The maximum Gasteiger partial charge on any atom is 0.122 e. The zero-order chi connectivity index (χ0) is 14.6. The van der Waals surface area contributed by atoms with E-state index in [0.29, 0.717) is 11.4 Å². The molecule has 2 unspecified atom stereocenters. The molecule has 0 spiro atoms. The van der Waals surface area contributed by atoms with Crippen LogP contribution in [0.2, 0.25) is 5.02 Å². The fraction of sp³-hybridized carbons (Fsp3) is 0.647. The van der Waals surface area contributed by atoms with Crippen molar-refractivity contribution in [3.63, 3.8) is 0 Å².